The van der Waals surface area contributed by atoms with E-state index in [0.29, 0.717) is 18.9 Å². The zero-order chi connectivity index (χ0) is 40.5. The standard InChI is InChI=1S/C46H50N8O4/c1-28(2)41(58-46(47)57)45(56)54-23-9-13-39(54)43-49-27-37(51-43)35-21-20-33-24-32(18-19-34(33)25-35)29-14-16-30(17-15-29)36-26-48-42(50-36)38-12-8-22-53(38)44(55)40(52(3)4)31-10-6-5-7-11-31/h5-7,10-11,14-21,24-28,38-41H,8-9,12-13,22-23H2,1-4H3,(H2,47,57)(H,48,50)(H,49,51)/t38-,39-,40?,41?/m0/s1. The number of carbonyl (C=O) groups is 3. The number of carbonyl (C=O) groups excluding carboxylic acids is 3. The highest BCUT2D eigenvalue weighted by atomic mass is 16.6. The zero-order valence-corrected chi connectivity index (χ0v) is 33.4. The number of rotatable bonds is 11. The van der Waals surface area contributed by atoms with E-state index in [1.54, 1.807) is 4.90 Å². The number of hydrogen-bond donors (Lipinski definition) is 3. The normalized spacial score (nSPS) is 18.0. The number of nitrogens with two attached hydrogens (primary N) is 1. The molecule has 2 aliphatic heterocycles. The molecule has 0 radical (unpaired) electrons. The summed E-state index contributed by atoms with van der Waals surface area (Å²) in [5.41, 5.74) is 12.3. The van der Waals surface area contributed by atoms with Gasteiger partial charge in [-0.25, -0.2) is 14.8 Å². The summed E-state index contributed by atoms with van der Waals surface area (Å²) in [5.74, 6) is 1.16. The lowest BCUT2D eigenvalue weighted by Gasteiger charge is -2.31. The number of H-pyrrole nitrogens is 2. The predicted octanol–water partition coefficient (Wildman–Crippen LogP) is 8.04. The van der Waals surface area contributed by atoms with Crippen LogP contribution in [0.3, 0.4) is 0 Å². The van der Waals surface area contributed by atoms with Crippen LogP contribution >= 0.6 is 0 Å². The predicted molar refractivity (Wildman–Crippen MR) is 224 cm³/mol. The number of primary amides is 1. The first kappa shape index (κ1) is 38.6. The minimum Gasteiger partial charge on any atom is -0.436 e. The highest BCUT2D eigenvalue weighted by molar-refractivity contribution is 5.91. The summed E-state index contributed by atoms with van der Waals surface area (Å²) in [6.45, 7) is 4.94. The monoisotopic (exact) mass is 778 g/mol. The first-order valence-corrected chi connectivity index (χ1v) is 20.1. The molecular weight excluding hydrogens is 729 g/mol. The molecule has 6 aromatic rings. The molecule has 0 spiro atoms. The Balaban J connectivity index is 0.947. The van der Waals surface area contributed by atoms with Crippen LogP contribution in [0, 0.1) is 5.92 Å². The molecule has 2 fully saturated rings. The van der Waals surface area contributed by atoms with E-state index in [1.165, 1.54) is 0 Å². The van der Waals surface area contributed by atoms with Crippen LogP contribution in [0.5, 0.6) is 0 Å². The van der Waals surface area contributed by atoms with E-state index >= 15 is 0 Å². The quantitative estimate of drug-likeness (QED) is 0.120. The van der Waals surface area contributed by atoms with Crippen LogP contribution in [-0.2, 0) is 14.3 Å². The molecule has 0 saturated carbocycles. The van der Waals surface area contributed by atoms with Crippen molar-refractivity contribution < 1.29 is 19.1 Å². The highest BCUT2D eigenvalue weighted by Crippen LogP contribution is 2.37. The smallest absolute Gasteiger partial charge is 0.405 e. The third kappa shape index (κ3) is 7.71. The van der Waals surface area contributed by atoms with Gasteiger partial charge < -0.3 is 30.2 Å². The van der Waals surface area contributed by atoms with Gasteiger partial charge in [-0.15, -0.1) is 0 Å². The number of hydrogen-bond acceptors (Lipinski definition) is 7. The fourth-order valence-electron chi connectivity index (χ4n) is 8.58. The SMILES string of the molecule is CC(C)C(OC(N)=O)C(=O)N1CCC[C@H]1c1ncc(-c2ccc3cc(-c4ccc(-c5cnc([C@@H]6CCCN6C(=O)C(c6ccccc6)N(C)C)[nH]5)cc4)ccc3c2)[nH]1. The number of aromatic amines is 2. The molecular formula is C46H50N8O4. The average Bonchev–Trinajstić information content (AvgIpc) is 4.06. The molecule has 58 heavy (non-hydrogen) atoms. The molecule has 298 valence electrons. The van der Waals surface area contributed by atoms with Crippen molar-refractivity contribution >= 4 is 28.7 Å². The summed E-state index contributed by atoms with van der Waals surface area (Å²) in [5, 5.41) is 2.21. The lowest BCUT2D eigenvalue weighted by Crippen LogP contribution is -2.44. The number of nitrogens with zero attached hydrogens (tertiary/aromatic N) is 5. The van der Waals surface area contributed by atoms with Gasteiger partial charge in [-0.1, -0.05) is 92.7 Å². The van der Waals surface area contributed by atoms with Gasteiger partial charge in [-0.05, 0) is 90.9 Å². The van der Waals surface area contributed by atoms with E-state index in [9.17, 15) is 14.4 Å². The summed E-state index contributed by atoms with van der Waals surface area (Å²) in [4.78, 5) is 61.0. The number of nitrogens with one attached hydrogen (secondary N) is 2. The van der Waals surface area contributed by atoms with Gasteiger partial charge in [0.05, 0.1) is 35.9 Å². The largest absolute Gasteiger partial charge is 0.436 e. The van der Waals surface area contributed by atoms with Gasteiger partial charge in [-0.3, -0.25) is 14.5 Å². The lowest BCUT2D eigenvalue weighted by atomic mass is 9.98. The minimum atomic E-state index is -0.954. The lowest BCUT2D eigenvalue weighted by molar-refractivity contribution is -0.143. The van der Waals surface area contributed by atoms with E-state index in [0.717, 1.165) is 81.5 Å². The Morgan fingerprint density at radius 2 is 1.22 bits per heavy atom. The molecule has 2 aromatic heterocycles. The molecule has 4 N–H and O–H groups in total. The second-order valence-corrected chi connectivity index (χ2v) is 16.0. The van der Waals surface area contributed by atoms with Crippen molar-refractivity contribution in [3.63, 3.8) is 0 Å². The van der Waals surface area contributed by atoms with Crippen molar-refractivity contribution in [3.05, 3.63) is 121 Å². The Morgan fingerprint density at radius 3 is 1.79 bits per heavy atom. The Bertz CT molecular complexity index is 2420. The number of benzene rings is 4. The van der Waals surface area contributed by atoms with E-state index in [-0.39, 0.29) is 35.9 Å². The Morgan fingerprint density at radius 1 is 0.707 bits per heavy atom. The zero-order valence-electron chi connectivity index (χ0n) is 33.4. The van der Waals surface area contributed by atoms with Gasteiger partial charge in [0.15, 0.2) is 6.10 Å². The van der Waals surface area contributed by atoms with Gasteiger partial charge in [0, 0.05) is 18.7 Å². The number of imidazole rings is 2. The minimum absolute atomic E-state index is 0.0951. The maximum Gasteiger partial charge on any atom is 0.405 e. The van der Waals surface area contributed by atoms with Gasteiger partial charge in [-0.2, -0.15) is 0 Å². The molecule has 3 amide bonds. The summed E-state index contributed by atoms with van der Waals surface area (Å²) in [7, 11) is 3.91. The molecule has 8 rings (SSSR count). The second kappa shape index (κ2) is 16.3. The molecule has 0 bridgehead atoms. The van der Waals surface area contributed by atoms with Gasteiger partial charge in [0.2, 0.25) is 5.91 Å². The van der Waals surface area contributed by atoms with Crippen molar-refractivity contribution in [1.82, 2.24) is 34.6 Å². The van der Waals surface area contributed by atoms with Gasteiger partial charge in [0.1, 0.15) is 17.7 Å². The maximum atomic E-state index is 13.9. The van der Waals surface area contributed by atoms with Crippen LogP contribution in [0.2, 0.25) is 0 Å². The molecule has 0 aliphatic carbocycles. The summed E-state index contributed by atoms with van der Waals surface area (Å²) < 4.78 is 5.19. The number of fused-ring (bicyclic) bond motifs is 1. The van der Waals surface area contributed by atoms with Crippen LogP contribution in [0.1, 0.15) is 74.9 Å². The topological polar surface area (TPSA) is 154 Å². The molecule has 4 aromatic carbocycles. The molecule has 2 saturated heterocycles. The van der Waals surface area contributed by atoms with E-state index in [4.69, 9.17) is 15.5 Å². The highest BCUT2D eigenvalue weighted by Gasteiger charge is 2.39. The van der Waals surface area contributed by atoms with Crippen LogP contribution in [0.15, 0.2) is 103 Å². The summed E-state index contributed by atoms with van der Waals surface area (Å²) in [6, 6.07) is 30.6. The third-order valence-electron chi connectivity index (χ3n) is 11.5. The Kier molecular flexibility index (Phi) is 10.8. The number of likely N-dealkylation sites (N-methyl/N-ethyl adjacent to an activating group) is 1. The molecule has 4 atom stereocenters. The number of aromatic nitrogens is 4. The fraction of sp³-hybridized carbons (Fsp3) is 0.326. The third-order valence-corrected chi connectivity index (χ3v) is 11.5. The second-order valence-electron chi connectivity index (χ2n) is 16.0. The average molecular weight is 779 g/mol. The van der Waals surface area contributed by atoms with E-state index < -0.39 is 12.2 Å². The molecule has 2 unspecified atom stereocenters. The summed E-state index contributed by atoms with van der Waals surface area (Å²) in [6.07, 6.45) is 5.19. The van der Waals surface area contributed by atoms with Crippen LogP contribution < -0.4 is 5.73 Å². The number of likely N-dealkylation sites (tertiary alicyclic amines) is 2. The van der Waals surface area contributed by atoms with Crippen LogP contribution in [0.4, 0.5) is 4.79 Å². The molecule has 4 heterocycles. The van der Waals surface area contributed by atoms with Crippen molar-refractivity contribution in [2.45, 2.75) is 63.8 Å². The molecule has 2 aliphatic rings. The molecule has 12 heteroatoms. The Hall–Kier alpha value is -6.27. The van der Waals surface area contributed by atoms with Crippen LogP contribution in [0.25, 0.3) is 44.4 Å². The van der Waals surface area contributed by atoms with Gasteiger partial charge >= 0.3 is 6.09 Å². The van der Waals surface area contributed by atoms with Crippen LogP contribution in [-0.4, -0.2) is 85.8 Å². The van der Waals surface area contributed by atoms with Crippen molar-refractivity contribution in [3.8, 4) is 33.6 Å². The summed E-state index contributed by atoms with van der Waals surface area (Å²) >= 11 is 0. The van der Waals surface area contributed by atoms with Crippen molar-refractivity contribution in [2.75, 3.05) is 27.2 Å². The number of amides is 3. The maximum absolute atomic E-state index is 13.9. The number of ether oxygens (including phenoxy) is 1. The van der Waals surface area contributed by atoms with Gasteiger partial charge in [0.25, 0.3) is 5.91 Å². The Labute approximate surface area is 338 Å². The van der Waals surface area contributed by atoms with Crippen molar-refractivity contribution in [1.29, 1.82) is 0 Å². The first-order valence-electron chi connectivity index (χ1n) is 20.1. The van der Waals surface area contributed by atoms with Crippen molar-refractivity contribution in [2.24, 2.45) is 11.7 Å². The van der Waals surface area contributed by atoms with E-state index in [1.807, 2.05) is 80.5 Å². The fourth-order valence-corrected chi connectivity index (χ4v) is 8.58. The van der Waals surface area contributed by atoms with E-state index in [2.05, 4.69) is 75.6 Å². The molecule has 12 nitrogen and oxygen atoms in total. The first-order chi connectivity index (χ1) is 28.0.